The zero-order valence-electron chi connectivity index (χ0n) is 15.4. The van der Waals surface area contributed by atoms with Gasteiger partial charge in [0.2, 0.25) is 11.1 Å². The van der Waals surface area contributed by atoms with E-state index in [0.29, 0.717) is 23.7 Å². The molecule has 0 saturated heterocycles. The molecule has 1 atom stereocenters. The highest BCUT2D eigenvalue weighted by Crippen LogP contribution is 2.34. The molecular weight excluding hydrogens is 364 g/mol. The standard InChI is InChI=1S/C18H22N6O2S/c1-13(16(26)23(2)18(12-19)10-4-3-5-11-18)27-17-20-21-22-24(17)14-6-8-15(25)9-7-14/h6-9,13,25H,3-5,10-11H2,1-2H3/t13-/m1/s1. The largest absolute Gasteiger partial charge is 0.508 e. The minimum atomic E-state index is -0.715. The van der Waals surface area contributed by atoms with Crippen molar-refractivity contribution >= 4 is 17.7 Å². The third kappa shape index (κ3) is 3.90. The predicted molar refractivity (Wildman–Crippen MR) is 100 cm³/mol. The summed E-state index contributed by atoms with van der Waals surface area (Å²) in [6, 6.07) is 8.87. The Morgan fingerprint density at radius 1 is 1.33 bits per heavy atom. The van der Waals surface area contributed by atoms with E-state index in [2.05, 4.69) is 21.6 Å². The average molecular weight is 386 g/mol. The number of benzene rings is 1. The SMILES string of the molecule is C[C@@H](Sc1nnnn1-c1ccc(O)cc1)C(=O)N(C)C1(C#N)CCCCC1. The number of hydrogen-bond donors (Lipinski definition) is 1. The van der Waals surface area contributed by atoms with E-state index in [9.17, 15) is 15.2 Å². The third-order valence-corrected chi connectivity index (χ3v) is 6.05. The van der Waals surface area contributed by atoms with E-state index in [1.165, 1.54) is 16.4 Å². The molecule has 0 radical (unpaired) electrons. The maximum atomic E-state index is 13.0. The molecule has 27 heavy (non-hydrogen) atoms. The molecule has 3 rings (SSSR count). The molecule has 0 bridgehead atoms. The van der Waals surface area contributed by atoms with Gasteiger partial charge in [0.1, 0.15) is 11.3 Å². The second-order valence-corrected chi connectivity index (χ2v) is 8.06. The van der Waals surface area contributed by atoms with E-state index in [-0.39, 0.29) is 11.7 Å². The number of rotatable bonds is 5. The van der Waals surface area contributed by atoms with E-state index in [4.69, 9.17) is 0 Å². The molecule has 1 aromatic carbocycles. The lowest BCUT2D eigenvalue weighted by Gasteiger charge is -2.40. The van der Waals surface area contributed by atoms with Gasteiger partial charge in [-0.2, -0.15) is 9.94 Å². The van der Waals surface area contributed by atoms with Gasteiger partial charge in [-0.05, 0) is 54.5 Å². The number of tetrazole rings is 1. The Kier molecular flexibility index (Phi) is 5.65. The van der Waals surface area contributed by atoms with Gasteiger partial charge in [-0.1, -0.05) is 31.0 Å². The topological polar surface area (TPSA) is 108 Å². The van der Waals surface area contributed by atoms with Gasteiger partial charge in [0.25, 0.3) is 0 Å². The van der Waals surface area contributed by atoms with Crippen LogP contribution in [0.15, 0.2) is 29.4 Å². The number of amides is 1. The Morgan fingerprint density at radius 2 is 2.00 bits per heavy atom. The minimum Gasteiger partial charge on any atom is -0.508 e. The monoisotopic (exact) mass is 386 g/mol. The van der Waals surface area contributed by atoms with Crippen LogP contribution in [0.2, 0.25) is 0 Å². The number of phenols is 1. The number of hydrogen-bond acceptors (Lipinski definition) is 7. The molecule has 9 heteroatoms. The van der Waals surface area contributed by atoms with Crippen molar-refractivity contribution in [3.8, 4) is 17.5 Å². The molecule has 8 nitrogen and oxygen atoms in total. The molecule has 1 aliphatic carbocycles. The average Bonchev–Trinajstić information content (AvgIpc) is 3.16. The molecule has 1 aromatic heterocycles. The Bertz CT molecular complexity index is 838. The first-order valence-corrected chi connectivity index (χ1v) is 9.78. The van der Waals surface area contributed by atoms with E-state index >= 15 is 0 Å². The van der Waals surface area contributed by atoms with Crippen molar-refractivity contribution < 1.29 is 9.90 Å². The van der Waals surface area contributed by atoms with E-state index in [1.54, 1.807) is 43.1 Å². The van der Waals surface area contributed by atoms with Crippen LogP contribution in [0.3, 0.4) is 0 Å². The molecule has 1 aliphatic rings. The summed E-state index contributed by atoms with van der Waals surface area (Å²) < 4.78 is 1.52. The summed E-state index contributed by atoms with van der Waals surface area (Å²) in [4.78, 5) is 14.6. The Morgan fingerprint density at radius 3 is 2.63 bits per heavy atom. The molecule has 1 fully saturated rings. The number of aromatic nitrogens is 4. The van der Waals surface area contributed by atoms with Crippen LogP contribution in [-0.2, 0) is 4.79 Å². The first kappa shape index (κ1) is 19.2. The highest BCUT2D eigenvalue weighted by atomic mass is 32.2. The number of nitriles is 1. The lowest BCUT2D eigenvalue weighted by Crippen LogP contribution is -2.52. The predicted octanol–water partition coefficient (Wildman–Crippen LogP) is 2.53. The van der Waals surface area contributed by atoms with Gasteiger partial charge >= 0.3 is 0 Å². The molecule has 0 unspecified atom stereocenters. The third-order valence-electron chi connectivity index (χ3n) is 5.03. The normalized spacial score (nSPS) is 17.1. The fourth-order valence-corrected chi connectivity index (χ4v) is 4.26. The van der Waals surface area contributed by atoms with Crippen LogP contribution in [0.1, 0.15) is 39.0 Å². The van der Waals surface area contributed by atoms with Crippen LogP contribution in [0.4, 0.5) is 0 Å². The van der Waals surface area contributed by atoms with Gasteiger partial charge in [0.05, 0.1) is 17.0 Å². The number of aromatic hydroxyl groups is 1. The number of carbonyl (C=O) groups is 1. The maximum Gasteiger partial charge on any atom is 0.236 e. The quantitative estimate of drug-likeness (QED) is 0.787. The van der Waals surface area contributed by atoms with Crippen LogP contribution in [0, 0.1) is 11.3 Å². The first-order valence-electron chi connectivity index (χ1n) is 8.90. The van der Waals surface area contributed by atoms with Crippen molar-refractivity contribution in [3.05, 3.63) is 24.3 Å². The summed E-state index contributed by atoms with van der Waals surface area (Å²) in [5.41, 5.74) is -0.0263. The van der Waals surface area contributed by atoms with Crippen molar-refractivity contribution in [1.82, 2.24) is 25.1 Å². The molecule has 2 aromatic rings. The van der Waals surface area contributed by atoms with Crippen molar-refractivity contribution in [2.45, 2.75) is 55.0 Å². The Labute approximate surface area is 162 Å². The fraction of sp³-hybridized carbons (Fsp3) is 0.500. The van der Waals surface area contributed by atoms with Gasteiger partial charge in [0, 0.05) is 7.05 Å². The summed E-state index contributed by atoms with van der Waals surface area (Å²) in [6.45, 7) is 1.80. The van der Waals surface area contributed by atoms with Gasteiger partial charge in [-0.25, -0.2) is 0 Å². The number of thioether (sulfide) groups is 1. The molecule has 142 valence electrons. The summed E-state index contributed by atoms with van der Waals surface area (Å²) >= 11 is 1.25. The lowest BCUT2D eigenvalue weighted by atomic mass is 9.81. The highest BCUT2D eigenvalue weighted by Gasteiger charge is 2.40. The molecule has 0 aliphatic heterocycles. The smallest absolute Gasteiger partial charge is 0.236 e. The van der Waals surface area contributed by atoms with Crippen LogP contribution >= 0.6 is 11.8 Å². The zero-order chi connectivity index (χ0) is 19.4. The first-order chi connectivity index (χ1) is 13.0. The van der Waals surface area contributed by atoms with Gasteiger partial charge in [-0.15, -0.1) is 5.10 Å². The summed E-state index contributed by atoms with van der Waals surface area (Å²) in [7, 11) is 1.72. The summed E-state index contributed by atoms with van der Waals surface area (Å²) in [5, 5.41) is 30.9. The van der Waals surface area contributed by atoms with Crippen molar-refractivity contribution in [3.63, 3.8) is 0 Å². The van der Waals surface area contributed by atoms with E-state index < -0.39 is 10.8 Å². The number of nitrogens with zero attached hydrogens (tertiary/aromatic N) is 6. The fourth-order valence-electron chi connectivity index (χ4n) is 3.36. The second kappa shape index (κ2) is 7.96. The summed E-state index contributed by atoms with van der Waals surface area (Å²) in [6.07, 6.45) is 4.47. The van der Waals surface area contributed by atoms with E-state index in [0.717, 1.165) is 19.3 Å². The van der Waals surface area contributed by atoms with Crippen LogP contribution in [-0.4, -0.2) is 54.0 Å². The second-order valence-electron chi connectivity index (χ2n) is 6.75. The molecule has 1 N–H and O–H groups in total. The Balaban J connectivity index is 1.75. The van der Waals surface area contributed by atoms with Crippen molar-refractivity contribution in [2.75, 3.05) is 7.05 Å². The Hall–Kier alpha value is -2.60. The highest BCUT2D eigenvalue weighted by molar-refractivity contribution is 8.00. The van der Waals surface area contributed by atoms with Crippen LogP contribution < -0.4 is 0 Å². The van der Waals surface area contributed by atoms with Gasteiger partial charge in [-0.3, -0.25) is 4.79 Å². The molecule has 1 amide bonds. The van der Waals surface area contributed by atoms with Crippen molar-refractivity contribution in [1.29, 1.82) is 5.26 Å². The van der Waals surface area contributed by atoms with E-state index in [1.807, 2.05) is 0 Å². The van der Waals surface area contributed by atoms with Crippen LogP contribution in [0.5, 0.6) is 5.75 Å². The van der Waals surface area contributed by atoms with Crippen molar-refractivity contribution in [2.24, 2.45) is 0 Å². The molecule has 1 heterocycles. The zero-order valence-corrected chi connectivity index (χ0v) is 16.2. The van der Waals surface area contributed by atoms with Crippen LogP contribution in [0.25, 0.3) is 5.69 Å². The molecule has 0 spiro atoms. The lowest BCUT2D eigenvalue weighted by molar-refractivity contribution is -0.133. The number of carbonyl (C=O) groups excluding carboxylic acids is 1. The molecular formula is C18H22N6O2S. The van der Waals surface area contributed by atoms with Gasteiger partial charge < -0.3 is 10.0 Å². The number of phenolic OH excluding ortho intramolecular Hbond substituents is 1. The minimum absolute atomic E-state index is 0.108. The maximum absolute atomic E-state index is 13.0. The van der Waals surface area contributed by atoms with Gasteiger partial charge in [0.15, 0.2) is 0 Å². The molecule has 1 saturated carbocycles. The summed E-state index contributed by atoms with van der Waals surface area (Å²) in [5.74, 6) is 0.0455.